The number of ether oxygens (including phenoxy) is 1. The summed E-state index contributed by atoms with van der Waals surface area (Å²) < 4.78 is 5.80. The first-order chi connectivity index (χ1) is 9.75. The summed E-state index contributed by atoms with van der Waals surface area (Å²) in [5.74, 6) is 1.74. The van der Waals surface area contributed by atoms with E-state index in [1.165, 1.54) is 17.2 Å². The average molecular weight is 271 g/mol. The van der Waals surface area contributed by atoms with E-state index in [-0.39, 0.29) is 0 Å². The van der Waals surface area contributed by atoms with Crippen molar-refractivity contribution in [1.82, 2.24) is 5.32 Å². The number of rotatable bonds is 8. The lowest BCUT2D eigenvalue weighted by molar-refractivity contribution is 0.308. The molecule has 2 nitrogen and oxygen atoms in total. The van der Waals surface area contributed by atoms with Gasteiger partial charge in [0.15, 0.2) is 0 Å². The number of benzene rings is 2. The van der Waals surface area contributed by atoms with Crippen LogP contribution in [0.2, 0.25) is 0 Å². The van der Waals surface area contributed by atoms with Crippen molar-refractivity contribution in [2.24, 2.45) is 5.92 Å². The van der Waals surface area contributed by atoms with Crippen molar-refractivity contribution in [1.29, 1.82) is 0 Å². The van der Waals surface area contributed by atoms with Crippen LogP contribution in [0.4, 0.5) is 0 Å². The van der Waals surface area contributed by atoms with Gasteiger partial charge in [0.2, 0.25) is 0 Å². The molecule has 0 heterocycles. The smallest absolute Gasteiger partial charge is 0.119 e. The van der Waals surface area contributed by atoms with Crippen molar-refractivity contribution in [2.75, 3.05) is 19.7 Å². The third-order valence-corrected chi connectivity index (χ3v) is 3.39. The summed E-state index contributed by atoms with van der Waals surface area (Å²) in [5, 5.41) is 5.95. The monoisotopic (exact) mass is 271 g/mol. The zero-order chi connectivity index (χ0) is 14.2. The van der Waals surface area contributed by atoms with Gasteiger partial charge in [0.1, 0.15) is 5.75 Å². The van der Waals surface area contributed by atoms with Crippen LogP contribution in [0.15, 0.2) is 42.5 Å². The molecular weight excluding hydrogens is 246 g/mol. The largest absolute Gasteiger partial charge is 0.494 e. The molecule has 2 heteroatoms. The van der Waals surface area contributed by atoms with Gasteiger partial charge in [-0.05, 0) is 54.8 Å². The highest BCUT2D eigenvalue weighted by molar-refractivity contribution is 5.83. The maximum Gasteiger partial charge on any atom is 0.119 e. The molecular formula is C18H25NO. The number of nitrogens with one attached hydrogen (secondary N) is 1. The van der Waals surface area contributed by atoms with Crippen LogP contribution < -0.4 is 10.1 Å². The molecule has 0 atom stereocenters. The second kappa shape index (κ2) is 7.91. The Balaban J connectivity index is 1.68. The van der Waals surface area contributed by atoms with E-state index < -0.39 is 0 Å². The van der Waals surface area contributed by atoms with Gasteiger partial charge in [0.25, 0.3) is 0 Å². The van der Waals surface area contributed by atoms with E-state index in [2.05, 4.69) is 61.6 Å². The Bertz CT molecular complexity index is 522. The zero-order valence-electron chi connectivity index (χ0n) is 12.6. The van der Waals surface area contributed by atoms with Gasteiger partial charge < -0.3 is 10.1 Å². The molecule has 0 unspecified atom stereocenters. The van der Waals surface area contributed by atoms with Gasteiger partial charge in [-0.3, -0.25) is 0 Å². The molecule has 0 bridgehead atoms. The highest BCUT2D eigenvalue weighted by atomic mass is 16.5. The van der Waals surface area contributed by atoms with Crippen LogP contribution in [-0.4, -0.2) is 19.7 Å². The van der Waals surface area contributed by atoms with E-state index in [1.807, 2.05) is 0 Å². The maximum atomic E-state index is 5.80. The van der Waals surface area contributed by atoms with Crippen LogP contribution >= 0.6 is 0 Å². The molecule has 0 aliphatic carbocycles. The number of hydrogen-bond acceptors (Lipinski definition) is 2. The van der Waals surface area contributed by atoms with Crippen LogP contribution in [0.3, 0.4) is 0 Å². The zero-order valence-corrected chi connectivity index (χ0v) is 12.6. The molecule has 0 aromatic heterocycles. The van der Waals surface area contributed by atoms with Crippen molar-refractivity contribution in [3.8, 4) is 5.75 Å². The Kier molecular flexibility index (Phi) is 5.87. The maximum absolute atomic E-state index is 5.80. The molecule has 0 aliphatic heterocycles. The van der Waals surface area contributed by atoms with Gasteiger partial charge in [-0.25, -0.2) is 0 Å². The topological polar surface area (TPSA) is 21.3 Å². The van der Waals surface area contributed by atoms with Gasteiger partial charge >= 0.3 is 0 Å². The van der Waals surface area contributed by atoms with E-state index in [0.717, 1.165) is 37.8 Å². The summed E-state index contributed by atoms with van der Waals surface area (Å²) in [5.41, 5.74) is 0. The number of fused-ring (bicyclic) bond motifs is 1. The molecule has 0 fully saturated rings. The molecule has 2 rings (SSSR count). The molecule has 1 N–H and O–H groups in total. The Labute approximate surface area is 122 Å². The minimum atomic E-state index is 0.771. The fraction of sp³-hybridized carbons (Fsp3) is 0.444. The summed E-state index contributed by atoms with van der Waals surface area (Å²) in [6.45, 7) is 7.41. The van der Waals surface area contributed by atoms with E-state index >= 15 is 0 Å². The standard InChI is InChI=1S/C18H25NO/c1-15(2)10-12-19-11-5-13-20-18-9-8-16-6-3-4-7-17(16)14-18/h3-4,6-9,14-15,19H,5,10-13H2,1-2H3. The minimum Gasteiger partial charge on any atom is -0.494 e. The summed E-state index contributed by atoms with van der Waals surface area (Å²) in [6, 6.07) is 14.6. The molecule has 2 aromatic carbocycles. The van der Waals surface area contributed by atoms with E-state index in [4.69, 9.17) is 4.74 Å². The molecule has 108 valence electrons. The summed E-state index contributed by atoms with van der Waals surface area (Å²) in [7, 11) is 0. The highest BCUT2D eigenvalue weighted by Gasteiger charge is 1.97. The fourth-order valence-corrected chi connectivity index (χ4v) is 2.16. The van der Waals surface area contributed by atoms with Crippen molar-refractivity contribution < 1.29 is 4.74 Å². The van der Waals surface area contributed by atoms with Crippen LogP contribution in [0.25, 0.3) is 10.8 Å². The van der Waals surface area contributed by atoms with E-state index in [1.54, 1.807) is 0 Å². The summed E-state index contributed by atoms with van der Waals surface area (Å²) in [6.07, 6.45) is 2.29. The van der Waals surface area contributed by atoms with Gasteiger partial charge in [0.05, 0.1) is 6.61 Å². The van der Waals surface area contributed by atoms with Crippen molar-refractivity contribution in [3.05, 3.63) is 42.5 Å². The number of hydrogen-bond donors (Lipinski definition) is 1. The van der Waals surface area contributed by atoms with Crippen LogP contribution in [-0.2, 0) is 0 Å². The van der Waals surface area contributed by atoms with Crippen molar-refractivity contribution in [3.63, 3.8) is 0 Å². The van der Waals surface area contributed by atoms with E-state index in [0.29, 0.717) is 0 Å². The van der Waals surface area contributed by atoms with Crippen LogP contribution in [0.5, 0.6) is 5.75 Å². The quantitative estimate of drug-likeness (QED) is 0.725. The predicted molar refractivity (Wildman–Crippen MR) is 86.4 cm³/mol. The molecule has 0 aliphatic rings. The molecule has 0 spiro atoms. The van der Waals surface area contributed by atoms with Gasteiger partial charge in [-0.2, -0.15) is 0 Å². The first kappa shape index (κ1) is 14.9. The molecule has 0 radical (unpaired) electrons. The first-order valence-electron chi connectivity index (χ1n) is 7.58. The highest BCUT2D eigenvalue weighted by Crippen LogP contribution is 2.20. The molecule has 2 aromatic rings. The molecule has 0 saturated heterocycles. The van der Waals surface area contributed by atoms with Crippen molar-refractivity contribution in [2.45, 2.75) is 26.7 Å². The summed E-state index contributed by atoms with van der Waals surface area (Å²) >= 11 is 0. The minimum absolute atomic E-state index is 0.771. The first-order valence-corrected chi connectivity index (χ1v) is 7.58. The van der Waals surface area contributed by atoms with Gasteiger partial charge in [0, 0.05) is 0 Å². The van der Waals surface area contributed by atoms with E-state index in [9.17, 15) is 0 Å². The second-order valence-electron chi connectivity index (χ2n) is 5.64. The lowest BCUT2D eigenvalue weighted by atomic mass is 10.1. The molecule has 0 saturated carbocycles. The lowest BCUT2D eigenvalue weighted by Crippen LogP contribution is -2.19. The Hall–Kier alpha value is -1.54. The lowest BCUT2D eigenvalue weighted by Gasteiger charge is -2.09. The SMILES string of the molecule is CC(C)CCNCCCOc1ccc2ccccc2c1. The molecule has 20 heavy (non-hydrogen) atoms. The third kappa shape index (κ3) is 4.86. The van der Waals surface area contributed by atoms with Crippen LogP contribution in [0.1, 0.15) is 26.7 Å². The average Bonchev–Trinajstić information content (AvgIpc) is 2.46. The van der Waals surface area contributed by atoms with Crippen LogP contribution in [0, 0.1) is 5.92 Å². The normalized spacial score (nSPS) is 11.2. The predicted octanol–water partition coefficient (Wildman–Crippen LogP) is 4.24. The van der Waals surface area contributed by atoms with Gasteiger partial charge in [-0.1, -0.05) is 44.2 Å². The Morgan fingerprint density at radius 3 is 2.60 bits per heavy atom. The Morgan fingerprint density at radius 1 is 1.00 bits per heavy atom. The Morgan fingerprint density at radius 2 is 1.80 bits per heavy atom. The van der Waals surface area contributed by atoms with Gasteiger partial charge in [-0.15, -0.1) is 0 Å². The second-order valence-corrected chi connectivity index (χ2v) is 5.64. The summed E-state index contributed by atoms with van der Waals surface area (Å²) in [4.78, 5) is 0. The molecule has 0 amide bonds. The van der Waals surface area contributed by atoms with Crippen molar-refractivity contribution >= 4 is 10.8 Å². The third-order valence-electron chi connectivity index (χ3n) is 3.39. The fourth-order valence-electron chi connectivity index (χ4n) is 2.16.